The first-order valence-electron chi connectivity index (χ1n) is 5.43. The van der Waals surface area contributed by atoms with Crippen molar-refractivity contribution < 1.29 is 9.13 Å². The van der Waals surface area contributed by atoms with Gasteiger partial charge < -0.3 is 10.5 Å². The molecule has 3 heteroatoms. The lowest BCUT2D eigenvalue weighted by Crippen LogP contribution is -2.04. The molecule has 0 aromatic heterocycles. The molecule has 17 heavy (non-hydrogen) atoms. The molecule has 0 aliphatic carbocycles. The molecule has 0 amide bonds. The quantitative estimate of drug-likeness (QED) is 0.820. The molecule has 2 nitrogen and oxygen atoms in total. The topological polar surface area (TPSA) is 35.2 Å². The van der Waals surface area contributed by atoms with Gasteiger partial charge in [0.25, 0.3) is 0 Å². The highest BCUT2D eigenvalue weighted by molar-refractivity contribution is 5.52. The van der Waals surface area contributed by atoms with Crippen molar-refractivity contribution in [3.05, 3.63) is 59.9 Å². The molecule has 0 radical (unpaired) electrons. The van der Waals surface area contributed by atoms with E-state index in [1.807, 2.05) is 37.3 Å². The van der Waals surface area contributed by atoms with Crippen molar-refractivity contribution >= 4 is 5.69 Å². The molecule has 0 saturated carbocycles. The molecular weight excluding hydrogens is 217 g/mol. The highest BCUT2D eigenvalue weighted by Crippen LogP contribution is 2.27. The molecule has 0 aliphatic rings. The van der Waals surface area contributed by atoms with Crippen molar-refractivity contribution in [1.82, 2.24) is 0 Å². The number of hydrogen-bond acceptors (Lipinski definition) is 2. The van der Waals surface area contributed by atoms with Gasteiger partial charge >= 0.3 is 0 Å². The zero-order chi connectivity index (χ0) is 12.3. The van der Waals surface area contributed by atoms with Gasteiger partial charge in [-0.2, -0.15) is 0 Å². The second-order valence-electron chi connectivity index (χ2n) is 3.85. The van der Waals surface area contributed by atoms with Gasteiger partial charge in [-0.15, -0.1) is 0 Å². The van der Waals surface area contributed by atoms with Crippen LogP contribution in [0.5, 0.6) is 5.75 Å². The molecule has 0 heterocycles. The van der Waals surface area contributed by atoms with Gasteiger partial charge in [-0.05, 0) is 24.6 Å². The second kappa shape index (κ2) is 4.87. The van der Waals surface area contributed by atoms with Gasteiger partial charge in [-0.1, -0.05) is 30.3 Å². The molecule has 0 bridgehead atoms. The van der Waals surface area contributed by atoms with Crippen LogP contribution >= 0.6 is 0 Å². The summed E-state index contributed by atoms with van der Waals surface area (Å²) in [7, 11) is 0. The van der Waals surface area contributed by atoms with Crippen LogP contribution in [0.3, 0.4) is 0 Å². The largest absolute Gasteiger partial charge is 0.484 e. The standard InChI is InChI=1S/C14H14FNO/c1-10(11-5-3-2-4-6-11)17-14-8-7-12(15)9-13(14)16/h2-10H,16H2,1H3. The Morgan fingerprint density at radius 3 is 2.47 bits per heavy atom. The summed E-state index contributed by atoms with van der Waals surface area (Å²) in [5.41, 5.74) is 7.05. The number of benzene rings is 2. The first kappa shape index (κ1) is 11.5. The Morgan fingerprint density at radius 2 is 1.82 bits per heavy atom. The lowest BCUT2D eigenvalue weighted by molar-refractivity contribution is 0.228. The van der Waals surface area contributed by atoms with Gasteiger partial charge in [0.2, 0.25) is 0 Å². The first-order valence-corrected chi connectivity index (χ1v) is 5.43. The minimum Gasteiger partial charge on any atom is -0.484 e. The molecule has 0 saturated heterocycles. The number of anilines is 1. The van der Waals surface area contributed by atoms with Crippen LogP contribution < -0.4 is 10.5 Å². The van der Waals surface area contributed by atoms with E-state index in [1.165, 1.54) is 12.1 Å². The van der Waals surface area contributed by atoms with Gasteiger partial charge in [0.1, 0.15) is 17.7 Å². The SMILES string of the molecule is CC(Oc1ccc(F)cc1N)c1ccccc1. The predicted molar refractivity (Wildman–Crippen MR) is 66.3 cm³/mol. The molecule has 1 unspecified atom stereocenters. The van der Waals surface area contributed by atoms with Crippen LogP contribution in [-0.4, -0.2) is 0 Å². The Morgan fingerprint density at radius 1 is 1.12 bits per heavy atom. The second-order valence-corrected chi connectivity index (χ2v) is 3.85. The molecule has 2 rings (SSSR count). The van der Waals surface area contributed by atoms with Crippen molar-refractivity contribution in [3.63, 3.8) is 0 Å². The van der Waals surface area contributed by atoms with Gasteiger partial charge in [0.05, 0.1) is 5.69 Å². The third-order valence-electron chi connectivity index (χ3n) is 2.54. The van der Waals surface area contributed by atoms with Crippen LogP contribution in [0.2, 0.25) is 0 Å². The summed E-state index contributed by atoms with van der Waals surface area (Å²) in [6.45, 7) is 1.93. The van der Waals surface area contributed by atoms with E-state index >= 15 is 0 Å². The minimum absolute atomic E-state index is 0.121. The van der Waals surface area contributed by atoms with Crippen LogP contribution in [0.4, 0.5) is 10.1 Å². The number of halogens is 1. The van der Waals surface area contributed by atoms with Crippen LogP contribution in [0.25, 0.3) is 0 Å². The smallest absolute Gasteiger partial charge is 0.143 e. The zero-order valence-corrected chi connectivity index (χ0v) is 9.56. The van der Waals surface area contributed by atoms with Crippen molar-refractivity contribution in [3.8, 4) is 5.75 Å². The van der Waals surface area contributed by atoms with Crippen molar-refractivity contribution in [2.45, 2.75) is 13.0 Å². The van der Waals surface area contributed by atoms with Crippen molar-refractivity contribution in [2.75, 3.05) is 5.73 Å². The molecule has 88 valence electrons. The molecule has 2 aromatic rings. The average Bonchev–Trinajstić information content (AvgIpc) is 2.34. The number of rotatable bonds is 3. The monoisotopic (exact) mass is 231 g/mol. The van der Waals surface area contributed by atoms with Crippen LogP contribution in [0, 0.1) is 5.82 Å². The van der Waals surface area contributed by atoms with Gasteiger partial charge in [-0.25, -0.2) is 4.39 Å². The fourth-order valence-electron chi connectivity index (χ4n) is 1.61. The van der Waals surface area contributed by atoms with Crippen LogP contribution in [0.15, 0.2) is 48.5 Å². The predicted octanol–water partition coefficient (Wildman–Crippen LogP) is 3.55. The molecule has 0 fully saturated rings. The van der Waals surface area contributed by atoms with Crippen molar-refractivity contribution in [2.24, 2.45) is 0 Å². The Kier molecular flexibility index (Phi) is 3.28. The summed E-state index contributed by atoms with van der Waals surface area (Å²) in [6.07, 6.45) is -0.121. The molecule has 0 spiro atoms. The van der Waals surface area contributed by atoms with E-state index in [4.69, 9.17) is 10.5 Å². The molecule has 2 N–H and O–H groups in total. The fourth-order valence-corrected chi connectivity index (χ4v) is 1.61. The number of hydrogen-bond donors (Lipinski definition) is 1. The lowest BCUT2D eigenvalue weighted by Gasteiger charge is -2.16. The zero-order valence-electron chi connectivity index (χ0n) is 9.56. The van der Waals surface area contributed by atoms with Crippen LogP contribution in [-0.2, 0) is 0 Å². The van der Waals surface area contributed by atoms with Gasteiger partial charge in [0, 0.05) is 6.07 Å². The van der Waals surface area contributed by atoms with Crippen molar-refractivity contribution in [1.29, 1.82) is 0 Å². The van der Waals surface area contributed by atoms with E-state index in [-0.39, 0.29) is 11.9 Å². The number of nitrogens with two attached hydrogens (primary N) is 1. The Bertz CT molecular complexity index is 499. The van der Waals surface area contributed by atoms with Crippen LogP contribution in [0.1, 0.15) is 18.6 Å². The fraction of sp³-hybridized carbons (Fsp3) is 0.143. The number of ether oxygens (including phenoxy) is 1. The van der Waals surface area contributed by atoms with E-state index in [0.717, 1.165) is 5.56 Å². The van der Waals surface area contributed by atoms with E-state index in [1.54, 1.807) is 6.07 Å². The molecule has 1 atom stereocenters. The van der Waals surface area contributed by atoms with Gasteiger partial charge in [-0.3, -0.25) is 0 Å². The molecule has 2 aromatic carbocycles. The lowest BCUT2D eigenvalue weighted by atomic mass is 10.1. The maximum atomic E-state index is 12.9. The summed E-state index contributed by atoms with van der Waals surface area (Å²) in [4.78, 5) is 0. The average molecular weight is 231 g/mol. The summed E-state index contributed by atoms with van der Waals surface area (Å²) in [6, 6.07) is 13.9. The van der Waals surface area contributed by atoms with E-state index < -0.39 is 0 Å². The third kappa shape index (κ3) is 2.75. The number of nitrogen functional groups attached to an aromatic ring is 1. The maximum Gasteiger partial charge on any atom is 0.143 e. The highest BCUT2D eigenvalue weighted by Gasteiger charge is 2.09. The summed E-state index contributed by atoms with van der Waals surface area (Å²) < 4.78 is 18.6. The molecular formula is C14H14FNO. The normalized spacial score (nSPS) is 12.1. The van der Waals surface area contributed by atoms with Gasteiger partial charge in [0.15, 0.2) is 0 Å². The summed E-state index contributed by atoms with van der Waals surface area (Å²) >= 11 is 0. The summed E-state index contributed by atoms with van der Waals surface area (Å²) in [5.74, 6) is 0.143. The highest BCUT2D eigenvalue weighted by atomic mass is 19.1. The van der Waals surface area contributed by atoms with E-state index in [9.17, 15) is 4.39 Å². The van der Waals surface area contributed by atoms with E-state index in [2.05, 4.69) is 0 Å². The minimum atomic E-state index is -0.359. The maximum absolute atomic E-state index is 12.9. The van der Waals surface area contributed by atoms with E-state index in [0.29, 0.717) is 11.4 Å². The Hall–Kier alpha value is -2.03. The Labute approximate surface area is 99.8 Å². The third-order valence-corrected chi connectivity index (χ3v) is 2.54. The summed E-state index contributed by atoms with van der Waals surface area (Å²) in [5, 5.41) is 0. The Balaban J connectivity index is 2.16. The molecule has 0 aliphatic heterocycles. The first-order chi connectivity index (χ1) is 8.16.